The molecule has 0 unspecified atom stereocenters. The molecule has 1 aromatic carbocycles. The van der Waals surface area contributed by atoms with Gasteiger partial charge in [-0.05, 0) is 26.0 Å². The summed E-state index contributed by atoms with van der Waals surface area (Å²) in [6, 6.07) is 5.79. The number of carbonyl (C=O) groups excluding carboxylic acids is 1. The van der Waals surface area contributed by atoms with Crippen molar-refractivity contribution in [3.8, 4) is 0 Å². The minimum atomic E-state index is -0.414. The lowest BCUT2D eigenvalue weighted by Crippen LogP contribution is -2.40. The highest BCUT2D eigenvalue weighted by molar-refractivity contribution is 6.35. The molecule has 0 spiro atoms. The van der Waals surface area contributed by atoms with Crippen LogP contribution in [0, 0.1) is 0 Å². The number of aromatic nitrogens is 5. The van der Waals surface area contributed by atoms with Gasteiger partial charge in [-0.3, -0.25) is 4.79 Å². The highest BCUT2D eigenvalue weighted by Crippen LogP contribution is 2.22. The van der Waals surface area contributed by atoms with Crippen LogP contribution in [0.15, 0.2) is 24.4 Å². The van der Waals surface area contributed by atoms with Crippen molar-refractivity contribution in [3.63, 3.8) is 0 Å². The summed E-state index contributed by atoms with van der Waals surface area (Å²) in [5.74, 6) is 0.579. The minimum Gasteiger partial charge on any atom is -0.382 e. The third-order valence-electron chi connectivity index (χ3n) is 4.88. The van der Waals surface area contributed by atoms with Gasteiger partial charge in [-0.15, -0.1) is 0 Å². The molecule has 0 fully saturated rings. The fourth-order valence-corrected chi connectivity index (χ4v) is 3.94. The van der Waals surface area contributed by atoms with E-state index in [4.69, 9.17) is 28.9 Å². The Balaban J connectivity index is 1.68. The summed E-state index contributed by atoms with van der Waals surface area (Å²) >= 11 is 12.3. The molecular formula is C19H20Cl2N7O+. The lowest BCUT2D eigenvalue weighted by Gasteiger charge is -2.07. The molecule has 3 heterocycles. The van der Waals surface area contributed by atoms with E-state index in [0.717, 1.165) is 29.9 Å². The van der Waals surface area contributed by atoms with Gasteiger partial charge in [0.25, 0.3) is 11.7 Å². The third-order valence-corrected chi connectivity index (χ3v) is 5.40. The van der Waals surface area contributed by atoms with Gasteiger partial charge in [0.05, 0.1) is 18.1 Å². The summed E-state index contributed by atoms with van der Waals surface area (Å²) in [6.07, 6.45) is 1.56. The van der Waals surface area contributed by atoms with E-state index in [1.807, 2.05) is 18.2 Å². The van der Waals surface area contributed by atoms with E-state index >= 15 is 0 Å². The summed E-state index contributed by atoms with van der Waals surface area (Å²) < 4.78 is 4.28. The van der Waals surface area contributed by atoms with Gasteiger partial charge in [0.2, 0.25) is 0 Å². The predicted molar refractivity (Wildman–Crippen MR) is 113 cm³/mol. The summed E-state index contributed by atoms with van der Waals surface area (Å²) in [4.78, 5) is 24.1. The average molecular weight is 433 g/mol. The van der Waals surface area contributed by atoms with E-state index in [1.165, 1.54) is 0 Å². The third kappa shape index (κ3) is 3.28. The predicted octanol–water partition coefficient (Wildman–Crippen LogP) is 3.06. The molecule has 3 aromatic heterocycles. The number of amides is 1. The van der Waals surface area contributed by atoms with E-state index in [9.17, 15) is 4.79 Å². The molecule has 0 saturated heterocycles. The Bertz CT molecular complexity index is 1240. The zero-order valence-corrected chi connectivity index (χ0v) is 17.5. The van der Waals surface area contributed by atoms with Gasteiger partial charge in [-0.2, -0.15) is 0 Å². The number of halogens is 2. The number of anilines is 1. The lowest BCUT2D eigenvalue weighted by molar-refractivity contribution is -0.676. The van der Waals surface area contributed by atoms with Crippen molar-refractivity contribution in [1.29, 1.82) is 0 Å². The number of benzene rings is 1. The molecule has 0 bridgehead atoms. The van der Waals surface area contributed by atoms with Crippen molar-refractivity contribution < 1.29 is 9.36 Å². The van der Waals surface area contributed by atoms with Gasteiger partial charge in [0.1, 0.15) is 12.1 Å². The van der Waals surface area contributed by atoms with E-state index in [-0.39, 0.29) is 11.5 Å². The molecule has 1 amide bonds. The number of nitrogen functional groups attached to an aromatic ring is 1. The monoisotopic (exact) mass is 432 g/mol. The summed E-state index contributed by atoms with van der Waals surface area (Å²) in [7, 11) is 0. The first kappa shape index (κ1) is 19.5. The topological polar surface area (TPSA) is 105 Å². The number of fused-ring (bicyclic) bond motifs is 2. The fourth-order valence-electron chi connectivity index (χ4n) is 3.59. The Hall–Kier alpha value is -2.84. The van der Waals surface area contributed by atoms with Crippen LogP contribution in [-0.2, 0) is 19.6 Å². The lowest BCUT2D eigenvalue weighted by atomic mass is 10.3. The average Bonchev–Trinajstić information content (AvgIpc) is 3.21. The van der Waals surface area contributed by atoms with E-state index in [2.05, 4.69) is 43.3 Å². The molecule has 4 rings (SSSR count). The molecule has 0 aliphatic rings. The Morgan fingerprint density at radius 3 is 2.83 bits per heavy atom. The van der Waals surface area contributed by atoms with Crippen LogP contribution in [0.3, 0.4) is 0 Å². The van der Waals surface area contributed by atoms with Crippen LogP contribution in [0.1, 0.15) is 30.2 Å². The first-order valence-corrected chi connectivity index (χ1v) is 9.98. The molecule has 0 atom stereocenters. The number of nitrogens with two attached hydrogens (primary N) is 1. The van der Waals surface area contributed by atoms with E-state index < -0.39 is 5.91 Å². The minimum absolute atomic E-state index is 0.0414. The summed E-state index contributed by atoms with van der Waals surface area (Å²) in [5.41, 5.74) is 8.91. The highest BCUT2D eigenvalue weighted by Gasteiger charge is 2.25. The van der Waals surface area contributed by atoms with Gasteiger partial charge in [0, 0.05) is 17.3 Å². The van der Waals surface area contributed by atoms with Crippen molar-refractivity contribution in [3.05, 3.63) is 46.0 Å². The second-order valence-electron chi connectivity index (χ2n) is 6.51. The Morgan fingerprint density at radius 1 is 1.31 bits per heavy atom. The van der Waals surface area contributed by atoms with Crippen LogP contribution in [0.2, 0.25) is 10.0 Å². The molecule has 29 heavy (non-hydrogen) atoms. The number of aryl methyl sites for hydroxylation is 2. The number of imidazole rings is 1. The molecule has 0 aliphatic heterocycles. The van der Waals surface area contributed by atoms with Gasteiger partial charge >= 0.3 is 0 Å². The molecule has 4 N–H and O–H groups in total. The smallest absolute Gasteiger partial charge is 0.277 e. The van der Waals surface area contributed by atoms with Crippen molar-refractivity contribution in [2.24, 2.45) is 0 Å². The number of H-pyrrole nitrogens is 1. The Kier molecular flexibility index (Phi) is 5.06. The standard InChI is InChI=1S/C19H19Cl2N7O/c1-3-27-12-6-5-10(20)7-13(12)28(4-2)14(27)9-24-19(29)16-17(22)26-18-15(25-16)11(21)8-23-18/h5-8H,3-4,9H2,1-2H3,(H3-,22,23,24,25,26,29)/p+1. The fraction of sp³-hybridized carbons (Fsp3) is 0.263. The van der Waals surface area contributed by atoms with Crippen molar-refractivity contribution >= 4 is 57.1 Å². The van der Waals surface area contributed by atoms with Gasteiger partial charge in [-0.1, -0.05) is 23.2 Å². The summed E-state index contributed by atoms with van der Waals surface area (Å²) in [5, 5.41) is 3.96. The van der Waals surface area contributed by atoms with E-state index in [0.29, 0.717) is 27.8 Å². The maximum absolute atomic E-state index is 12.8. The second-order valence-corrected chi connectivity index (χ2v) is 7.36. The zero-order valence-electron chi connectivity index (χ0n) is 16.0. The second kappa shape index (κ2) is 7.53. The number of hydrogen-bond donors (Lipinski definition) is 3. The molecule has 0 aliphatic carbocycles. The maximum Gasteiger partial charge on any atom is 0.277 e. The normalized spacial score (nSPS) is 11.4. The van der Waals surface area contributed by atoms with Crippen molar-refractivity contribution in [2.45, 2.75) is 33.5 Å². The van der Waals surface area contributed by atoms with Gasteiger partial charge in [-0.25, -0.2) is 19.1 Å². The SMILES string of the molecule is CCn1c(CNC(=O)c2nc3c(Cl)c[nH]c3nc2N)[n+](CC)c2ccc(Cl)cc21. The van der Waals surface area contributed by atoms with Crippen LogP contribution in [0.25, 0.3) is 22.2 Å². The Morgan fingerprint density at radius 2 is 2.10 bits per heavy atom. The van der Waals surface area contributed by atoms with Gasteiger partial charge < -0.3 is 16.0 Å². The largest absolute Gasteiger partial charge is 0.382 e. The number of nitrogens with zero attached hydrogens (tertiary/aromatic N) is 4. The van der Waals surface area contributed by atoms with Crippen molar-refractivity contribution in [1.82, 2.24) is 24.8 Å². The van der Waals surface area contributed by atoms with Crippen LogP contribution in [0.4, 0.5) is 5.82 Å². The van der Waals surface area contributed by atoms with Crippen LogP contribution in [-0.4, -0.2) is 25.4 Å². The first-order chi connectivity index (χ1) is 13.9. The molecule has 8 nitrogen and oxygen atoms in total. The maximum atomic E-state index is 12.8. The highest BCUT2D eigenvalue weighted by atomic mass is 35.5. The number of carbonyl (C=O) groups is 1. The molecule has 150 valence electrons. The molecular weight excluding hydrogens is 413 g/mol. The first-order valence-electron chi connectivity index (χ1n) is 9.23. The number of rotatable bonds is 5. The van der Waals surface area contributed by atoms with Crippen LogP contribution < -0.4 is 15.6 Å². The number of hydrogen-bond acceptors (Lipinski definition) is 4. The molecule has 4 aromatic rings. The van der Waals surface area contributed by atoms with Crippen LogP contribution >= 0.6 is 23.2 Å². The van der Waals surface area contributed by atoms with Gasteiger partial charge in [0.15, 0.2) is 28.2 Å². The molecule has 10 heteroatoms. The summed E-state index contributed by atoms with van der Waals surface area (Å²) in [6.45, 7) is 5.90. The quantitative estimate of drug-likeness (QED) is 0.421. The molecule has 0 saturated carbocycles. The van der Waals surface area contributed by atoms with Crippen LogP contribution in [0.5, 0.6) is 0 Å². The number of aromatic amines is 1. The Labute approximate surface area is 176 Å². The molecule has 0 radical (unpaired) electrons. The zero-order chi connectivity index (χ0) is 20.7. The number of nitrogens with one attached hydrogen (secondary N) is 2. The van der Waals surface area contributed by atoms with E-state index in [1.54, 1.807) is 6.20 Å². The van der Waals surface area contributed by atoms with Crippen molar-refractivity contribution in [2.75, 3.05) is 5.73 Å².